The van der Waals surface area contributed by atoms with E-state index < -0.39 is 0 Å². The molecule has 0 bridgehead atoms. The highest BCUT2D eigenvalue weighted by Crippen LogP contribution is 2.21. The fourth-order valence-corrected chi connectivity index (χ4v) is 3.65. The zero-order valence-corrected chi connectivity index (χ0v) is 17.5. The van der Waals surface area contributed by atoms with Gasteiger partial charge in [-0.15, -0.1) is 0 Å². The number of carbonyl (C=O) groups is 2. The van der Waals surface area contributed by atoms with Crippen LogP contribution in [-0.4, -0.2) is 41.9 Å². The van der Waals surface area contributed by atoms with E-state index >= 15 is 0 Å². The molecule has 29 heavy (non-hydrogen) atoms. The van der Waals surface area contributed by atoms with Gasteiger partial charge in [0.2, 0.25) is 5.91 Å². The van der Waals surface area contributed by atoms with E-state index in [-0.39, 0.29) is 23.9 Å². The third-order valence-corrected chi connectivity index (χ3v) is 5.28. The van der Waals surface area contributed by atoms with E-state index in [0.29, 0.717) is 24.3 Å². The largest absolute Gasteiger partial charge is 0.491 e. The summed E-state index contributed by atoms with van der Waals surface area (Å²) in [7, 11) is 0. The van der Waals surface area contributed by atoms with Gasteiger partial charge in [-0.2, -0.15) is 0 Å². The van der Waals surface area contributed by atoms with E-state index in [2.05, 4.69) is 5.32 Å². The first-order valence-corrected chi connectivity index (χ1v) is 10.3. The lowest BCUT2D eigenvalue weighted by molar-refractivity contribution is -0.131. The van der Waals surface area contributed by atoms with Crippen molar-refractivity contribution in [3.63, 3.8) is 0 Å². The number of hydrogen-bond donors (Lipinski definition) is 1. The van der Waals surface area contributed by atoms with Crippen LogP contribution >= 0.6 is 0 Å². The molecule has 3 rings (SSSR count). The standard InChI is InChI=1S/C24H30N2O3/c1-17(2)25-24(28)19-10-12-22(13-11-19)29-16-21-9-6-14-26(21)23(27)15-20-8-5-4-7-18(20)3/h4-5,7-8,10-13,17,21H,6,9,14-16H2,1-3H3,(H,25,28)/t21-/m1/s1. The second-order valence-corrected chi connectivity index (χ2v) is 7.95. The number of rotatable bonds is 7. The Bertz CT molecular complexity index is 845. The van der Waals surface area contributed by atoms with Crippen LogP contribution in [0.1, 0.15) is 48.2 Å². The van der Waals surface area contributed by atoms with Gasteiger partial charge in [0.05, 0.1) is 12.5 Å². The van der Waals surface area contributed by atoms with Crippen molar-refractivity contribution in [1.82, 2.24) is 10.2 Å². The Morgan fingerprint density at radius 3 is 2.55 bits per heavy atom. The molecular formula is C24H30N2O3. The van der Waals surface area contributed by atoms with Gasteiger partial charge in [0, 0.05) is 18.2 Å². The van der Waals surface area contributed by atoms with Gasteiger partial charge in [0.15, 0.2) is 0 Å². The van der Waals surface area contributed by atoms with Crippen molar-refractivity contribution in [3.8, 4) is 5.75 Å². The summed E-state index contributed by atoms with van der Waals surface area (Å²) in [5.74, 6) is 0.783. The highest BCUT2D eigenvalue weighted by Gasteiger charge is 2.29. The maximum atomic E-state index is 12.8. The number of ether oxygens (including phenoxy) is 1. The summed E-state index contributed by atoms with van der Waals surface area (Å²) in [6.45, 7) is 7.16. The molecule has 0 radical (unpaired) electrons. The van der Waals surface area contributed by atoms with Gasteiger partial charge < -0.3 is 15.0 Å². The van der Waals surface area contributed by atoms with Gasteiger partial charge in [-0.1, -0.05) is 24.3 Å². The lowest BCUT2D eigenvalue weighted by Gasteiger charge is -2.25. The van der Waals surface area contributed by atoms with Crippen molar-refractivity contribution in [2.45, 2.75) is 52.1 Å². The van der Waals surface area contributed by atoms with E-state index in [9.17, 15) is 9.59 Å². The fraction of sp³-hybridized carbons (Fsp3) is 0.417. The normalized spacial score (nSPS) is 16.1. The molecule has 0 aliphatic carbocycles. The van der Waals surface area contributed by atoms with Crippen molar-refractivity contribution < 1.29 is 14.3 Å². The van der Waals surface area contributed by atoms with Crippen molar-refractivity contribution >= 4 is 11.8 Å². The molecule has 2 aromatic carbocycles. The second kappa shape index (κ2) is 9.59. The summed E-state index contributed by atoms with van der Waals surface area (Å²) < 4.78 is 5.93. The van der Waals surface area contributed by atoms with Gasteiger partial charge in [0.1, 0.15) is 12.4 Å². The van der Waals surface area contributed by atoms with Crippen LogP contribution < -0.4 is 10.1 Å². The summed E-state index contributed by atoms with van der Waals surface area (Å²) in [5, 5.41) is 2.87. The van der Waals surface area contributed by atoms with Gasteiger partial charge in [-0.3, -0.25) is 9.59 Å². The molecule has 154 valence electrons. The van der Waals surface area contributed by atoms with Gasteiger partial charge >= 0.3 is 0 Å². The van der Waals surface area contributed by atoms with Crippen LogP contribution in [0.15, 0.2) is 48.5 Å². The van der Waals surface area contributed by atoms with Crippen LogP contribution in [-0.2, 0) is 11.2 Å². The summed E-state index contributed by atoms with van der Waals surface area (Å²) in [6, 6.07) is 15.4. The number of hydrogen-bond acceptors (Lipinski definition) is 3. The second-order valence-electron chi connectivity index (χ2n) is 7.95. The lowest BCUT2D eigenvalue weighted by Crippen LogP contribution is -2.40. The number of carbonyl (C=O) groups excluding carboxylic acids is 2. The number of nitrogens with zero attached hydrogens (tertiary/aromatic N) is 1. The van der Waals surface area contributed by atoms with Crippen LogP contribution in [0.3, 0.4) is 0 Å². The average molecular weight is 395 g/mol. The molecular weight excluding hydrogens is 364 g/mol. The molecule has 0 aromatic heterocycles. The highest BCUT2D eigenvalue weighted by molar-refractivity contribution is 5.94. The van der Waals surface area contributed by atoms with Gasteiger partial charge in [0.25, 0.3) is 5.91 Å². The van der Waals surface area contributed by atoms with Crippen molar-refractivity contribution in [1.29, 1.82) is 0 Å². The first-order valence-electron chi connectivity index (χ1n) is 10.3. The molecule has 5 nitrogen and oxygen atoms in total. The maximum Gasteiger partial charge on any atom is 0.251 e. The van der Waals surface area contributed by atoms with Crippen LogP contribution in [0.2, 0.25) is 0 Å². The monoisotopic (exact) mass is 394 g/mol. The Hall–Kier alpha value is -2.82. The van der Waals surface area contributed by atoms with E-state index in [1.165, 1.54) is 0 Å². The van der Waals surface area contributed by atoms with Crippen LogP contribution in [0.5, 0.6) is 5.75 Å². The summed E-state index contributed by atoms with van der Waals surface area (Å²) in [4.78, 5) is 26.8. The summed E-state index contributed by atoms with van der Waals surface area (Å²) in [5.41, 5.74) is 2.84. The quantitative estimate of drug-likeness (QED) is 0.778. The predicted octanol–water partition coefficient (Wildman–Crippen LogP) is 3.75. The van der Waals surface area contributed by atoms with Crippen LogP contribution in [0.4, 0.5) is 0 Å². The Balaban J connectivity index is 1.55. The first kappa shape index (κ1) is 20.9. The molecule has 0 spiro atoms. The maximum absolute atomic E-state index is 12.8. The Labute approximate surface area is 173 Å². The third kappa shape index (κ3) is 5.59. The molecule has 1 fully saturated rings. The molecule has 0 saturated carbocycles. The molecule has 2 amide bonds. The fourth-order valence-electron chi connectivity index (χ4n) is 3.65. The minimum atomic E-state index is -0.0877. The van der Waals surface area contributed by atoms with E-state index in [1.54, 1.807) is 12.1 Å². The SMILES string of the molecule is Cc1ccccc1CC(=O)N1CCC[C@@H]1COc1ccc(C(=O)NC(C)C)cc1. The molecule has 1 aliphatic rings. The van der Waals surface area contributed by atoms with E-state index in [0.717, 1.165) is 30.5 Å². The Morgan fingerprint density at radius 2 is 1.86 bits per heavy atom. The average Bonchev–Trinajstić information content (AvgIpc) is 3.17. The minimum Gasteiger partial charge on any atom is -0.491 e. The molecule has 1 aliphatic heterocycles. The highest BCUT2D eigenvalue weighted by atomic mass is 16.5. The van der Waals surface area contributed by atoms with E-state index in [4.69, 9.17) is 4.74 Å². The smallest absolute Gasteiger partial charge is 0.251 e. The predicted molar refractivity (Wildman–Crippen MR) is 114 cm³/mol. The molecule has 1 heterocycles. The zero-order chi connectivity index (χ0) is 20.8. The van der Waals surface area contributed by atoms with Crippen molar-refractivity contribution in [3.05, 3.63) is 65.2 Å². The number of amides is 2. The van der Waals surface area contributed by atoms with Crippen LogP contribution in [0, 0.1) is 6.92 Å². The van der Waals surface area contributed by atoms with Crippen molar-refractivity contribution in [2.24, 2.45) is 0 Å². The lowest BCUT2D eigenvalue weighted by atomic mass is 10.1. The Morgan fingerprint density at radius 1 is 1.14 bits per heavy atom. The first-order chi connectivity index (χ1) is 13.9. The molecule has 1 saturated heterocycles. The van der Waals surface area contributed by atoms with Gasteiger partial charge in [-0.25, -0.2) is 0 Å². The molecule has 2 aromatic rings. The van der Waals surface area contributed by atoms with Crippen molar-refractivity contribution in [2.75, 3.05) is 13.2 Å². The number of benzene rings is 2. The number of nitrogens with one attached hydrogen (secondary N) is 1. The number of likely N-dealkylation sites (tertiary alicyclic amines) is 1. The topological polar surface area (TPSA) is 58.6 Å². The van der Waals surface area contributed by atoms with E-state index in [1.807, 2.05) is 62.1 Å². The molecule has 5 heteroatoms. The Kier molecular flexibility index (Phi) is 6.91. The molecule has 1 atom stereocenters. The minimum absolute atomic E-state index is 0.0877. The number of aryl methyl sites for hydroxylation is 1. The molecule has 0 unspecified atom stereocenters. The summed E-state index contributed by atoms with van der Waals surface area (Å²) >= 11 is 0. The van der Waals surface area contributed by atoms with Crippen LogP contribution in [0.25, 0.3) is 0 Å². The summed E-state index contributed by atoms with van der Waals surface area (Å²) in [6.07, 6.45) is 2.39. The third-order valence-electron chi connectivity index (χ3n) is 5.28. The molecule has 1 N–H and O–H groups in total. The zero-order valence-electron chi connectivity index (χ0n) is 17.5. The van der Waals surface area contributed by atoms with Gasteiger partial charge in [-0.05, 0) is 69.0 Å².